The van der Waals surface area contributed by atoms with E-state index in [-0.39, 0.29) is 12.1 Å². The summed E-state index contributed by atoms with van der Waals surface area (Å²) in [5.41, 5.74) is 2.44. The lowest BCUT2D eigenvalue weighted by atomic mass is 10.1. The summed E-state index contributed by atoms with van der Waals surface area (Å²) in [5, 5.41) is 5.76. The highest BCUT2D eigenvalue weighted by molar-refractivity contribution is 5.75. The van der Waals surface area contributed by atoms with Gasteiger partial charge in [0.1, 0.15) is 0 Å². The van der Waals surface area contributed by atoms with Crippen LogP contribution in [0.5, 0.6) is 0 Å². The van der Waals surface area contributed by atoms with Crippen molar-refractivity contribution in [1.82, 2.24) is 10.6 Å². The molecule has 0 heterocycles. The predicted octanol–water partition coefficient (Wildman–Crippen LogP) is 4.31. The van der Waals surface area contributed by atoms with Crippen molar-refractivity contribution in [2.24, 2.45) is 5.92 Å². The van der Waals surface area contributed by atoms with Crippen LogP contribution in [0.4, 0.5) is 4.79 Å². The SMILES string of the molecule is CCc1ccc(C(C)NC(=O)N/C=C/C2CCCC2)cc1. The number of nitrogens with one attached hydrogen (secondary N) is 2. The van der Waals surface area contributed by atoms with Gasteiger partial charge >= 0.3 is 6.03 Å². The number of urea groups is 1. The molecule has 2 N–H and O–H groups in total. The highest BCUT2D eigenvalue weighted by Gasteiger charge is 2.12. The molecule has 114 valence electrons. The lowest BCUT2D eigenvalue weighted by molar-refractivity contribution is 0.241. The van der Waals surface area contributed by atoms with E-state index in [4.69, 9.17) is 0 Å². The molecule has 0 aliphatic heterocycles. The Balaban J connectivity index is 1.77. The van der Waals surface area contributed by atoms with Gasteiger partial charge in [-0.1, -0.05) is 50.1 Å². The average molecular weight is 286 g/mol. The second-order valence-corrected chi connectivity index (χ2v) is 5.84. The molecule has 2 rings (SSSR count). The van der Waals surface area contributed by atoms with E-state index in [2.05, 4.69) is 47.9 Å². The van der Waals surface area contributed by atoms with Crippen LogP contribution in [0.25, 0.3) is 0 Å². The second-order valence-electron chi connectivity index (χ2n) is 5.84. The molecule has 0 saturated heterocycles. The van der Waals surface area contributed by atoms with Crippen LogP contribution in [0, 0.1) is 5.92 Å². The summed E-state index contributed by atoms with van der Waals surface area (Å²) < 4.78 is 0. The van der Waals surface area contributed by atoms with Gasteiger partial charge in [-0.25, -0.2) is 4.79 Å². The first-order valence-corrected chi connectivity index (χ1v) is 8.01. The van der Waals surface area contributed by atoms with Crippen LogP contribution in [-0.4, -0.2) is 6.03 Å². The van der Waals surface area contributed by atoms with Gasteiger partial charge in [0, 0.05) is 6.20 Å². The number of benzene rings is 1. The van der Waals surface area contributed by atoms with E-state index in [1.165, 1.54) is 31.2 Å². The van der Waals surface area contributed by atoms with Crippen LogP contribution in [0.1, 0.15) is 56.7 Å². The van der Waals surface area contributed by atoms with Crippen molar-refractivity contribution in [3.8, 4) is 0 Å². The van der Waals surface area contributed by atoms with Crippen molar-refractivity contribution in [3.05, 3.63) is 47.7 Å². The third-order valence-electron chi connectivity index (χ3n) is 4.22. The molecule has 3 heteroatoms. The lowest BCUT2D eigenvalue weighted by Crippen LogP contribution is -2.34. The summed E-state index contributed by atoms with van der Waals surface area (Å²) in [5.74, 6) is 0.643. The van der Waals surface area contributed by atoms with Gasteiger partial charge in [0.2, 0.25) is 0 Å². The number of carbonyl (C=O) groups excluding carboxylic acids is 1. The van der Waals surface area contributed by atoms with E-state index < -0.39 is 0 Å². The van der Waals surface area contributed by atoms with Gasteiger partial charge in [-0.05, 0) is 43.2 Å². The minimum atomic E-state index is -0.142. The van der Waals surface area contributed by atoms with Crippen molar-refractivity contribution in [2.75, 3.05) is 0 Å². The van der Waals surface area contributed by atoms with Crippen molar-refractivity contribution in [2.45, 2.75) is 52.0 Å². The largest absolute Gasteiger partial charge is 0.331 e. The Labute approximate surface area is 127 Å². The Morgan fingerprint density at radius 1 is 1.29 bits per heavy atom. The summed E-state index contributed by atoms with van der Waals surface area (Å²) in [6.07, 6.45) is 10.1. The van der Waals surface area contributed by atoms with Crippen LogP contribution < -0.4 is 10.6 Å². The Bertz CT molecular complexity index is 472. The molecule has 3 nitrogen and oxygen atoms in total. The van der Waals surface area contributed by atoms with E-state index in [1.807, 2.05) is 6.92 Å². The quantitative estimate of drug-likeness (QED) is 0.832. The minimum absolute atomic E-state index is 0.00999. The summed E-state index contributed by atoms with van der Waals surface area (Å²) >= 11 is 0. The molecular weight excluding hydrogens is 260 g/mol. The molecule has 0 spiro atoms. The fourth-order valence-electron chi connectivity index (χ4n) is 2.77. The highest BCUT2D eigenvalue weighted by atomic mass is 16.2. The van der Waals surface area contributed by atoms with Gasteiger partial charge < -0.3 is 10.6 Å². The number of hydrogen-bond acceptors (Lipinski definition) is 1. The molecule has 1 fully saturated rings. The molecule has 1 atom stereocenters. The van der Waals surface area contributed by atoms with Crippen LogP contribution in [0.2, 0.25) is 0 Å². The number of allylic oxidation sites excluding steroid dienone is 1. The maximum absolute atomic E-state index is 11.9. The van der Waals surface area contributed by atoms with E-state index >= 15 is 0 Å². The molecule has 0 aromatic heterocycles. The maximum atomic E-state index is 11.9. The summed E-state index contributed by atoms with van der Waals surface area (Å²) in [4.78, 5) is 11.9. The third-order valence-corrected chi connectivity index (χ3v) is 4.22. The maximum Gasteiger partial charge on any atom is 0.319 e. The van der Waals surface area contributed by atoms with Gasteiger partial charge in [-0.3, -0.25) is 0 Å². The second kappa shape index (κ2) is 7.87. The molecule has 1 saturated carbocycles. The summed E-state index contributed by atoms with van der Waals surface area (Å²) in [6.45, 7) is 4.14. The van der Waals surface area contributed by atoms with E-state index in [9.17, 15) is 4.79 Å². The molecule has 1 aliphatic rings. The Hall–Kier alpha value is -1.77. The van der Waals surface area contributed by atoms with Gasteiger partial charge in [0.25, 0.3) is 0 Å². The fraction of sp³-hybridized carbons (Fsp3) is 0.500. The molecule has 1 unspecified atom stereocenters. The molecular formula is C18H26N2O. The number of amides is 2. The minimum Gasteiger partial charge on any atom is -0.331 e. The van der Waals surface area contributed by atoms with E-state index in [0.29, 0.717) is 5.92 Å². The fourth-order valence-corrected chi connectivity index (χ4v) is 2.77. The molecule has 2 amide bonds. The highest BCUT2D eigenvalue weighted by Crippen LogP contribution is 2.25. The number of carbonyl (C=O) groups is 1. The number of hydrogen-bond donors (Lipinski definition) is 2. The van der Waals surface area contributed by atoms with Gasteiger partial charge in [-0.2, -0.15) is 0 Å². The summed E-state index contributed by atoms with van der Waals surface area (Å²) in [7, 11) is 0. The van der Waals surface area contributed by atoms with Crippen LogP contribution in [0.15, 0.2) is 36.5 Å². The normalized spacial score (nSPS) is 17.0. The van der Waals surface area contributed by atoms with Crippen molar-refractivity contribution >= 4 is 6.03 Å². The zero-order chi connectivity index (χ0) is 15.1. The molecule has 1 aromatic rings. The average Bonchev–Trinajstić information content (AvgIpc) is 3.00. The van der Waals surface area contributed by atoms with E-state index in [1.54, 1.807) is 6.20 Å². The first-order valence-electron chi connectivity index (χ1n) is 8.01. The predicted molar refractivity (Wildman–Crippen MR) is 87.0 cm³/mol. The van der Waals surface area contributed by atoms with E-state index in [0.717, 1.165) is 12.0 Å². The van der Waals surface area contributed by atoms with Crippen molar-refractivity contribution in [1.29, 1.82) is 0 Å². The standard InChI is InChI=1S/C18H26N2O/c1-3-15-8-10-17(11-9-15)14(2)20-18(21)19-13-12-16-6-4-5-7-16/h8-14,16H,3-7H2,1-2H3,(H2,19,20,21)/b13-12+. The topological polar surface area (TPSA) is 41.1 Å². The molecule has 1 aromatic carbocycles. The van der Waals surface area contributed by atoms with Crippen LogP contribution >= 0.6 is 0 Å². The summed E-state index contributed by atoms with van der Waals surface area (Å²) in [6, 6.07) is 8.26. The number of aryl methyl sites for hydroxylation is 1. The van der Waals surface area contributed by atoms with Gasteiger partial charge in [0.05, 0.1) is 6.04 Å². The zero-order valence-electron chi connectivity index (χ0n) is 13.1. The Morgan fingerprint density at radius 2 is 1.95 bits per heavy atom. The Morgan fingerprint density at radius 3 is 2.57 bits per heavy atom. The third kappa shape index (κ3) is 4.92. The monoisotopic (exact) mass is 286 g/mol. The molecule has 1 aliphatic carbocycles. The van der Waals surface area contributed by atoms with Gasteiger partial charge in [0.15, 0.2) is 0 Å². The Kier molecular flexibility index (Phi) is 5.85. The van der Waals surface area contributed by atoms with Crippen LogP contribution in [0.3, 0.4) is 0 Å². The lowest BCUT2D eigenvalue weighted by Gasteiger charge is -2.14. The van der Waals surface area contributed by atoms with Crippen LogP contribution in [-0.2, 0) is 6.42 Å². The number of rotatable bonds is 5. The van der Waals surface area contributed by atoms with Gasteiger partial charge in [-0.15, -0.1) is 0 Å². The smallest absolute Gasteiger partial charge is 0.319 e. The van der Waals surface area contributed by atoms with Crippen molar-refractivity contribution < 1.29 is 4.79 Å². The molecule has 21 heavy (non-hydrogen) atoms. The van der Waals surface area contributed by atoms with Crippen molar-refractivity contribution in [3.63, 3.8) is 0 Å². The molecule has 0 bridgehead atoms. The zero-order valence-corrected chi connectivity index (χ0v) is 13.1. The molecule has 0 radical (unpaired) electrons. The first kappa shape index (κ1) is 15.6. The first-order chi connectivity index (χ1) is 10.2.